The number of rotatable bonds is 5. The molecule has 0 saturated carbocycles. The van der Waals surface area contributed by atoms with Gasteiger partial charge in [0.2, 0.25) is 0 Å². The van der Waals surface area contributed by atoms with Crippen LogP contribution in [0.3, 0.4) is 0 Å². The molecule has 3 aromatic carbocycles. The van der Waals surface area contributed by atoms with E-state index in [2.05, 4.69) is 19.1 Å². The minimum atomic E-state index is -0.578. The van der Waals surface area contributed by atoms with Crippen molar-refractivity contribution in [1.82, 2.24) is 0 Å². The second-order valence-corrected chi connectivity index (χ2v) is 6.98. The highest BCUT2D eigenvalue weighted by molar-refractivity contribution is 5.94. The Morgan fingerprint density at radius 1 is 0.857 bits per heavy atom. The molecule has 9 heteroatoms. The van der Waals surface area contributed by atoms with Gasteiger partial charge in [-0.05, 0) is 67.8 Å². The first kappa shape index (κ1) is 33.1. The van der Waals surface area contributed by atoms with Crippen molar-refractivity contribution in [2.45, 2.75) is 48.1 Å². The fourth-order valence-corrected chi connectivity index (χ4v) is 2.45. The molecule has 1 unspecified atom stereocenters. The van der Waals surface area contributed by atoms with Gasteiger partial charge in [-0.1, -0.05) is 33.9 Å². The van der Waals surface area contributed by atoms with Crippen molar-refractivity contribution < 1.29 is 19.7 Å². The molecule has 35 heavy (non-hydrogen) atoms. The van der Waals surface area contributed by atoms with Crippen LogP contribution >= 0.6 is 0 Å². The molecule has 3 N–H and O–H groups in total. The maximum Gasteiger partial charge on any atom is 0.269 e. The molecule has 0 spiro atoms. The third-order valence-corrected chi connectivity index (χ3v) is 4.46. The maximum atomic E-state index is 10.8. The number of benzene rings is 3. The molecule has 190 valence electrons. The van der Waals surface area contributed by atoms with Crippen molar-refractivity contribution in [3.8, 4) is 0 Å². The highest BCUT2D eigenvalue weighted by Gasteiger charge is 2.06. The average Bonchev–Trinajstić information content (AvgIpc) is 2.80. The van der Waals surface area contributed by atoms with Gasteiger partial charge in [-0.3, -0.25) is 25.0 Å². The lowest BCUT2D eigenvalue weighted by molar-refractivity contribution is -0.385. The Bertz CT molecular complexity index is 1010. The molecule has 3 aromatic rings. The van der Waals surface area contributed by atoms with Crippen molar-refractivity contribution in [3.63, 3.8) is 0 Å². The number of nitrogen functional groups attached to an aromatic ring is 1. The highest BCUT2D eigenvalue weighted by Crippen LogP contribution is 2.16. The number of aliphatic hydroxyl groups excluding tert-OH is 1. The van der Waals surface area contributed by atoms with Crippen molar-refractivity contribution in [3.05, 3.63) is 110 Å². The summed E-state index contributed by atoms with van der Waals surface area (Å²) < 4.78 is 0. The van der Waals surface area contributed by atoms with Gasteiger partial charge < -0.3 is 10.8 Å². The highest BCUT2D eigenvalue weighted by atomic mass is 16.6. The van der Waals surface area contributed by atoms with Crippen LogP contribution in [0.5, 0.6) is 0 Å². The standard InChI is InChI=1S/C8H9NO3.C8H7NO3.C8H11N.2CH4/c2*1-6(10)7-2-4-8(5-3-7)9(11)12;1-2-7-3-5-8(9)6-4-7;;/h2-6,10H,1H3;2-5H,1H3;3-6H,2,9H2,1H3;2*1H4. The van der Waals surface area contributed by atoms with E-state index in [0.717, 1.165) is 12.1 Å². The van der Waals surface area contributed by atoms with Gasteiger partial charge >= 0.3 is 0 Å². The van der Waals surface area contributed by atoms with Crippen LogP contribution in [0, 0.1) is 20.2 Å². The summed E-state index contributed by atoms with van der Waals surface area (Å²) >= 11 is 0. The van der Waals surface area contributed by atoms with E-state index in [4.69, 9.17) is 10.8 Å². The zero-order valence-electron chi connectivity index (χ0n) is 18.7. The summed E-state index contributed by atoms with van der Waals surface area (Å²) in [6.45, 7) is 5.16. The molecule has 0 aliphatic heterocycles. The van der Waals surface area contributed by atoms with E-state index in [9.17, 15) is 25.0 Å². The number of nitrogens with two attached hydrogens (primary N) is 1. The number of ketones is 1. The lowest BCUT2D eigenvalue weighted by Gasteiger charge is -2.02. The molecular formula is C26H35N3O6. The Hall–Kier alpha value is -4.11. The molecule has 0 saturated heterocycles. The topological polar surface area (TPSA) is 150 Å². The van der Waals surface area contributed by atoms with Crippen LogP contribution in [0.4, 0.5) is 17.1 Å². The Balaban J connectivity index is 0. The van der Waals surface area contributed by atoms with E-state index in [-0.39, 0.29) is 32.0 Å². The number of anilines is 1. The summed E-state index contributed by atoms with van der Waals surface area (Å²) in [7, 11) is 0. The number of carbonyl (C=O) groups excluding carboxylic acids is 1. The molecule has 0 radical (unpaired) electrons. The summed E-state index contributed by atoms with van der Waals surface area (Å²) in [5.74, 6) is -0.0927. The fraction of sp³-hybridized carbons (Fsp3) is 0.269. The number of nitrogens with zero attached hydrogens (tertiary/aromatic N) is 2. The first-order chi connectivity index (χ1) is 15.5. The van der Waals surface area contributed by atoms with Gasteiger partial charge in [-0.25, -0.2) is 0 Å². The Morgan fingerprint density at radius 2 is 1.26 bits per heavy atom. The third-order valence-electron chi connectivity index (χ3n) is 4.46. The summed E-state index contributed by atoms with van der Waals surface area (Å²) in [5.41, 5.74) is 8.87. The molecular weight excluding hydrogens is 450 g/mol. The van der Waals surface area contributed by atoms with E-state index in [1.54, 1.807) is 19.1 Å². The number of carbonyl (C=O) groups is 1. The monoisotopic (exact) mass is 485 g/mol. The molecule has 3 rings (SSSR count). The Kier molecular flexibility index (Phi) is 15.6. The number of Topliss-reactive ketones (excluding diaryl/α,β-unsaturated/α-hetero) is 1. The lowest BCUT2D eigenvalue weighted by atomic mass is 10.1. The number of non-ortho nitro benzene ring substituents is 2. The van der Waals surface area contributed by atoms with Crippen LogP contribution < -0.4 is 5.73 Å². The molecule has 1 atom stereocenters. The van der Waals surface area contributed by atoms with Crippen LogP contribution in [0.2, 0.25) is 0 Å². The first-order valence-corrected chi connectivity index (χ1v) is 10.1. The predicted octanol–water partition coefficient (Wildman–Crippen LogP) is 6.55. The second kappa shape index (κ2) is 16.5. The second-order valence-electron chi connectivity index (χ2n) is 6.98. The molecule has 9 nitrogen and oxygen atoms in total. The smallest absolute Gasteiger partial charge is 0.269 e. The zero-order valence-corrected chi connectivity index (χ0v) is 18.7. The largest absolute Gasteiger partial charge is 0.399 e. The van der Waals surface area contributed by atoms with Crippen LogP contribution in [0.15, 0.2) is 72.8 Å². The zero-order chi connectivity index (χ0) is 25.0. The van der Waals surface area contributed by atoms with Gasteiger partial charge in [0, 0.05) is 35.5 Å². The molecule has 0 aliphatic rings. The van der Waals surface area contributed by atoms with Crippen LogP contribution in [-0.4, -0.2) is 20.7 Å². The minimum Gasteiger partial charge on any atom is -0.399 e. The van der Waals surface area contributed by atoms with Gasteiger partial charge in [0.1, 0.15) is 0 Å². The summed E-state index contributed by atoms with van der Waals surface area (Å²) in [5, 5.41) is 29.5. The fourth-order valence-electron chi connectivity index (χ4n) is 2.45. The SMILES string of the molecule is C.C.CC(=O)c1ccc([N+](=O)[O-])cc1.CC(O)c1ccc([N+](=O)[O-])cc1.CCc1ccc(N)cc1. The molecule has 0 heterocycles. The van der Waals surface area contributed by atoms with Gasteiger partial charge in [0.05, 0.1) is 16.0 Å². The van der Waals surface area contributed by atoms with Gasteiger partial charge in [-0.15, -0.1) is 0 Å². The summed E-state index contributed by atoms with van der Waals surface area (Å²) in [6, 6.07) is 19.3. The molecule has 0 bridgehead atoms. The molecule has 0 aromatic heterocycles. The van der Waals surface area contributed by atoms with Gasteiger partial charge in [0.25, 0.3) is 11.4 Å². The number of hydrogen-bond donors (Lipinski definition) is 2. The van der Waals surface area contributed by atoms with E-state index in [1.165, 1.54) is 48.9 Å². The first-order valence-electron chi connectivity index (χ1n) is 10.1. The quantitative estimate of drug-likeness (QED) is 0.180. The molecule has 0 amide bonds. The van der Waals surface area contributed by atoms with E-state index >= 15 is 0 Å². The number of aliphatic hydroxyl groups is 1. The summed E-state index contributed by atoms with van der Waals surface area (Å²) in [6.07, 6.45) is 0.506. The number of nitro benzene ring substituents is 2. The van der Waals surface area contributed by atoms with Crippen molar-refractivity contribution in [2.24, 2.45) is 0 Å². The molecule has 0 aliphatic carbocycles. The Labute approximate surface area is 206 Å². The minimum absolute atomic E-state index is 0. The predicted molar refractivity (Wildman–Crippen MR) is 141 cm³/mol. The van der Waals surface area contributed by atoms with Gasteiger partial charge in [0.15, 0.2) is 5.78 Å². The number of aryl methyl sites for hydroxylation is 1. The van der Waals surface area contributed by atoms with Crippen LogP contribution in [0.25, 0.3) is 0 Å². The number of hydrogen-bond acceptors (Lipinski definition) is 7. The third kappa shape index (κ3) is 12.1. The average molecular weight is 486 g/mol. The Morgan fingerprint density at radius 3 is 1.57 bits per heavy atom. The van der Waals surface area contributed by atoms with Crippen molar-refractivity contribution in [1.29, 1.82) is 0 Å². The van der Waals surface area contributed by atoms with Gasteiger partial charge in [-0.2, -0.15) is 0 Å². The van der Waals surface area contributed by atoms with Crippen LogP contribution in [0.1, 0.15) is 63.2 Å². The molecule has 0 fully saturated rings. The maximum absolute atomic E-state index is 10.8. The van der Waals surface area contributed by atoms with Crippen molar-refractivity contribution in [2.75, 3.05) is 5.73 Å². The van der Waals surface area contributed by atoms with E-state index in [0.29, 0.717) is 11.1 Å². The number of nitro groups is 2. The normalized spacial score (nSPS) is 9.94. The summed E-state index contributed by atoms with van der Waals surface area (Å²) in [4.78, 5) is 30.2. The van der Waals surface area contributed by atoms with Crippen LogP contribution in [-0.2, 0) is 6.42 Å². The van der Waals surface area contributed by atoms with Crippen molar-refractivity contribution >= 4 is 22.8 Å². The van der Waals surface area contributed by atoms with E-state index in [1.807, 2.05) is 12.1 Å². The van der Waals surface area contributed by atoms with E-state index < -0.39 is 16.0 Å². The lowest BCUT2D eigenvalue weighted by Crippen LogP contribution is -1.92.